The Bertz CT molecular complexity index is 1110. The molecular weight excluding hydrogens is 444 g/mol. The van der Waals surface area contributed by atoms with Gasteiger partial charge < -0.3 is 19.5 Å². The van der Waals surface area contributed by atoms with Gasteiger partial charge >= 0.3 is 0 Å². The topological polar surface area (TPSA) is 58.5 Å². The molecule has 2 aliphatic rings. The lowest BCUT2D eigenvalue weighted by Crippen LogP contribution is -2.42. The van der Waals surface area contributed by atoms with Crippen LogP contribution in [0.1, 0.15) is 40.3 Å². The average molecular weight is 477 g/mol. The van der Waals surface area contributed by atoms with E-state index in [4.69, 9.17) is 21.9 Å². The first-order valence-corrected chi connectivity index (χ1v) is 12.4. The van der Waals surface area contributed by atoms with Crippen molar-refractivity contribution in [1.29, 1.82) is 0 Å². The van der Waals surface area contributed by atoms with Gasteiger partial charge in [-0.2, -0.15) is 0 Å². The van der Waals surface area contributed by atoms with E-state index >= 15 is 0 Å². The minimum atomic E-state index is 0.00765. The fraction of sp³-hybridized carbons (Fsp3) is 0.423. The summed E-state index contributed by atoms with van der Waals surface area (Å²) >= 11 is 5.88. The molecule has 0 amide bonds. The van der Waals surface area contributed by atoms with Gasteiger partial charge in [0.1, 0.15) is 0 Å². The molecule has 0 unspecified atom stereocenters. The smallest absolute Gasteiger partial charge is 0.170 e. The van der Waals surface area contributed by atoms with Gasteiger partial charge in [-0.05, 0) is 67.5 Å². The first-order chi connectivity index (χ1) is 16.6. The highest BCUT2D eigenvalue weighted by Crippen LogP contribution is 2.40. The van der Waals surface area contributed by atoms with Crippen LogP contribution < -0.4 is 5.32 Å². The van der Waals surface area contributed by atoms with Crippen molar-refractivity contribution in [1.82, 2.24) is 29.7 Å². The lowest BCUT2D eigenvalue weighted by atomic mass is 9.96. The van der Waals surface area contributed by atoms with Gasteiger partial charge in [-0.3, -0.25) is 14.9 Å². The number of thiocarbonyl (C=S) groups is 1. The summed E-state index contributed by atoms with van der Waals surface area (Å²) in [5.74, 6) is 0. The molecular formula is C26H32N6OS. The molecule has 34 heavy (non-hydrogen) atoms. The Hall–Kier alpha value is -2.81. The van der Waals surface area contributed by atoms with Crippen LogP contribution in [0.2, 0.25) is 0 Å². The Balaban J connectivity index is 1.47. The molecule has 0 bridgehead atoms. The number of nitrogens with zero attached hydrogens (tertiary/aromatic N) is 5. The number of hydrogen-bond acceptors (Lipinski definition) is 5. The van der Waals surface area contributed by atoms with Crippen LogP contribution in [0.5, 0.6) is 0 Å². The third-order valence-electron chi connectivity index (χ3n) is 6.98. The molecule has 0 aliphatic carbocycles. The second-order valence-corrected chi connectivity index (χ2v) is 9.43. The lowest BCUT2D eigenvalue weighted by molar-refractivity contribution is 0.0350. The summed E-state index contributed by atoms with van der Waals surface area (Å²) in [7, 11) is 0. The number of pyridine rings is 2. The normalized spacial score (nSPS) is 21.1. The average Bonchev–Trinajstić information content (AvgIpc) is 3.35. The molecule has 178 valence electrons. The summed E-state index contributed by atoms with van der Waals surface area (Å²) in [6.45, 7) is 10.6. The standard InChI is InChI=1S/C26H32N6OS/c1-19-17-22(20(2)32(19)18-21-6-9-27-10-7-21)25-24(23-5-3-4-8-28-23)29-26(34)31(25)12-11-30-13-15-33-16-14-30/h3-10,17,24-25H,11-16,18H2,1-2H3,(H,29,34)/t24-,25+/m1/s1. The maximum absolute atomic E-state index is 5.88. The molecule has 3 aromatic heterocycles. The van der Waals surface area contributed by atoms with Crippen molar-refractivity contribution in [2.24, 2.45) is 0 Å². The minimum Gasteiger partial charge on any atom is -0.379 e. The van der Waals surface area contributed by atoms with Gasteiger partial charge in [0.2, 0.25) is 0 Å². The van der Waals surface area contributed by atoms with E-state index < -0.39 is 0 Å². The molecule has 5 rings (SSSR count). The van der Waals surface area contributed by atoms with E-state index in [1.165, 1.54) is 22.5 Å². The third kappa shape index (κ3) is 4.71. The van der Waals surface area contributed by atoms with Crippen LogP contribution in [0.25, 0.3) is 0 Å². The molecule has 0 aromatic carbocycles. The van der Waals surface area contributed by atoms with Crippen molar-refractivity contribution in [3.63, 3.8) is 0 Å². The minimum absolute atomic E-state index is 0.00765. The molecule has 0 spiro atoms. The van der Waals surface area contributed by atoms with Crippen molar-refractivity contribution in [3.8, 4) is 0 Å². The number of morpholine rings is 1. The molecule has 1 N–H and O–H groups in total. The van der Waals surface area contributed by atoms with Crippen molar-refractivity contribution in [2.45, 2.75) is 32.5 Å². The van der Waals surface area contributed by atoms with Gasteiger partial charge in [-0.25, -0.2) is 0 Å². The van der Waals surface area contributed by atoms with Gasteiger partial charge in [0.25, 0.3) is 0 Å². The summed E-state index contributed by atoms with van der Waals surface area (Å²) in [6.07, 6.45) is 5.57. The Morgan fingerprint density at radius 3 is 2.59 bits per heavy atom. The number of ether oxygens (including phenoxy) is 1. The van der Waals surface area contributed by atoms with Crippen LogP contribution in [-0.4, -0.2) is 68.8 Å². The van der Waals surface area contributed by atoms with E-state index in [0.717, 1.165) is 56.7 Å². The van der Waals surface area contributed by atoms with E-state index in [9.17, 15) is 0 Å². The van der Waals surface area contributed by atoms with Crippen LogP contribution in [0.3, 0.4) is 0 Å². The molecule has 2 fully saturated rings. The molecule has 2 aliphatic heterocycles. The van der Waals surface area contributed by atoms with Crippen LogP contribution in [-0.2, 0) is 11.3 Å². The Morgan fingerprint density at radius 1 is 1.06 bits per heavy atom. The molecule has 7 nitrogen and oxygen atoms in total. The van der Waals surface area contributed by atoms with E-state index in [0.29, 0.717) is 0 Å². The third-order valence-corrected chi connectivity index (χ3v) is 7.33. The monoisotopic (exact) mass is 476 g/mol. The molecule has 0 saturated carbocycles. The van der Waals surface area contributed by atoms with Crippen molar-refractivity contribution >= 4 is 17.3 Å². The first kappa shape index (κ1) is 23.0. The summed E-state index contributed by atoms with van der Waals surface area (Å²) in [5, 5.41) is 4.40. The van der Waals surface area contributed by atoms with Gasteiger partial charge in [0, 0.05) is 62.7 Å². The zero-order chi connectivity index (χ0) is 23.5. The number of hydrogen-bond donors (Lipinski definition) is 1. The summed E-state index contributed by atoms with van der Waals surface area (Å²) in [4.78, 5) is 13.7. The van der Waals surface area contributed by atoms with Gasteiger partial charge in [-0.1, -0.05) is 6.07 Å². The molecule has 2 atom stereocenters. The van der Waals surface area contributed by atoms with Crippen molar-refractivity contribution < 1.29 is 4.74 Å². The summed E-state index contributed by atoms with van der Waals surface area (Å²) in [5.41, 5.74) is 6.08. The predicted molar refractivity (Wildman–Crippen MR) is 137 cm³/mol. The maximum atomic E-state index is 5.88. The Morgan fingerprint density at radius 2 is 1.85 bits per heavy atom. The molecule has 2 saturated heterocycles. The van der Waals surface area contributed by atoms with Gasteiger partial charge in [0.05, 0.1) is 31.0 Å². The maximum Gasteiger partial charge on any atom is 0.170 e. The molecule has 0 radical (unpaired) electrons. The lowest BCUT2D eigenvalue weighted by Gasteiger charge is -2.32. The molecule has 8 heteroatoms. The number of rotatable bonds is 7. The summed E-state index contributed by atoms with van der Waals surface area (Å²) < 4.78 is 7.92. The van der Waals surface area contributed by atoms with E-state index in [-0.39, 0.29) is 12.1 Å². The molecule has 3 aromatic rings. The second kappa shape index (κ2) is 10.2. The fourth-order valence-electron chi connectivity index (χ4n) is 5.10. The Labute approximate surface area is 206 Å². The second-order valence-electron chi connectivity index (χ2n) is 9.04. The SMILES string of the molecule is Cc1cc([C@H]2[C@@H](c3ccccn3)NC(=S)N2CCN2CCOCC2)c(C)n1Cc1ccncc1. The van der Waals surface area contributed by atoms with Crippen LogP contribution in [0.15, 0.2) is 55.0 Å². The van der Waals surface area contributed by atoms with E-state index in [2.05, 4.69) is 62.8 Å². The zero-order valence-electron chi connectivity index (χ0n) is 19.9. The number of nitrogens with one attached hydrogen (secondary N) is 1. The highest BCUT2D eigenvalue weighted by molar-refractivity contribution is 7.80. The predicted octanol–water partition coefficient (Wildman–Crippen LogP) is 3.25. The zero-order valence-corrected chi connectivity index (χ0v) is 20.7. The number of aromatic nitrogens is 3. The highest BCUT2D eigenvalue weighted by Gasteiger charge is 2.41. The first-order valence-electron chi connectivity index (χ1n) is 12.0. The summed E-state index contributed by atoms with van der Waals surface area (Å²) in [6, 6.07) is 12.7. The van der Waals surface area contributed by atoms with E-state index in [1.807, 2.05) is 30.7 Å². The largest absolute Gasteiger partial charge is 0.379 e. The van der Waals surface area contributed by atoms with Crippen LogP contribution in [0, 0.1) is 13.8 Å². The van der Waals surface area contributed by atoms with Crippen molar-refractivity contribution in [2.75, 3.05) is 39.4 Å². The quantitative estimate of drug-likeness (QED) is 0.526. The highest BCUT2D eigenvalue weighted by atomic mass is 32.1. The van der Waals surface area contributed by atoms with Crippen LogP contribution >= 0.6 is 12.2 Å². The van der Waals surface area contributed by atoms with Gasteiger partial charge in [-0.15, -0.1) is 0 Å². The van der Waals surface area contributed by atoms with Crippen LogP contribution in [0.4, 0.5) is 0 Å². The number of aryl methyl sites for hydroxylation is 1. The van der Waals surface area contributed by atoms with Crippen molar-refractivity contribution in [3.05, 3.63) is 83.2 Å². The van der Waals surface area contributed by atoms with Gasteiger partial charge in [0.15, 0.2) is 5.11 Å². The Kier molecular flexibility index (Phi) is 6.89. The fourth-order valence-corrected chi connectivity index (χ4v) is 5.43. The molecule has 5 heterocycles. The van der Waals surface area contributed by atoms with E-state index in [1.54, 1.807) is 0 Å².